The minimum atomic E-state index is -0.215. The maximum absolute atomic E-state index is 11.2. The number of hydrogen-bond acceptors (Lipinski definition) is 2. The molecule has 82 valence electrons. The van der Waals surface area contributed by atoms with E-state index in [0.717, 1.165) is 26.5 Å². The Morgan fingerprint density at radius 2 is 2.07 bits per heavy atom. The smallest absolute Gasteiger partial charge is 0.309 e. The number of carbonyl (C=O) groups excluding carboxylic acids is 1. The van der Waals surface area contributed by atoms with Crippen LogP contribution >= 0.6 is 31.9 Å². The van der Waals surface area contributed by atoms with Crippen molar-refractivity contribution in [1.82, 2.24) is 0 Å². The highest BCUT2D eigenvalue weighted by Gasteiger charge is 2.09. The second-order valence-electron chi connectivity index (χ2n) is 3.26. The minimum absolute atomic E-state index is 0.215. The molecule has 0 aliphatic carbocycles. The van der Waals surface area contributed by atoms with Crippen molar-refractivity contribution >= 4 is 37.8 Å². The van der Waals surface area contributed by atoms with Gasteiger partial charge < -0.3 is 4.74 Å². The largest absolute Gasteiger partial charge is 0.469 e. The van der Waals surface area contributed by atoms with Gasteiger partial charge in [-0.25, -0.2) is 0 Å². The molecule has 1 rings (SSSR count). The number of aryl methyl sites for hydroxylation is 1. The van der Waals surface area contributed by atoms with Crippen molar-refractivity contribution < 1.29 is 9.53 Å². The average Bonchev–Trinajstić information content (AvgIpc) is 2.22. The number of halogens is 2. The van der Waals surface area contributed by atoms with Gasteiger partial charge in [0, 0.05) is 9.80 Å². The van der Waals surface area contributed by atoms with E-state index in [2.05, 4.69) is 42.7 Å². The van der Waals surface area contributed by atoms with Crippen molar-refractivity contribution in [3.8, 4) is 0 Å². The van der Waals surface area contributed by atoms with Crippen molar-refractivity contribution in [2.24, 2.45) is 0 Å². The summed E-state index contributed by atoms with van der Waals surface area (Å²) in [5, 5.41) is 0.743. The lowest BCUT2D eigenvalue weighted by Crippen LogP contribution is -2.06. The molecule has 1 aromatic rings. The van der Waals surface area contributed by atoms with Crippen LogP contribution in [0.25, 0.3) is 0 Å². The van der Waals surface area contributed by atoms with Crippen LogP contribution in [0.15, 0.2) is 16.6 Å². The van der Waals surface area contributed by atoms with Gasteiger partial charge in [0.2, 0.25) is 0 Å². The van der Waals surface area contributed by atoms with Crippen LogP contribution in [0.4, 0.5) is 0 Å². The number of benzene rings is 1. The van der Waals surface area contributed by atoms with Gasteiger partial charge in [-0.2, -0.15) is 0 Å². The number of rotatable bonds is 3. The first-order valence-electron chi connectivity index (χ1n) is 4.49. The Kier molecular flexibility index (Phi) is 4.80. The molecule has 0 aliphatic heterocycles. The van der Waals surface area contributed by atoms with Crippen LogP contribution in [0, 0.1) is 6.92 Å². The first-order chi connectivity index (χ1) is 7.08. The van der Waals surface area contributed by atoms with Gasteiger partial charge in [-0.15, -0.1) is 0 Å². The lowest BCUT2D eigenvalue weighted by Gasteiger charge is -2.09. The lowest BCUT2D eigenvalue weighted by molar-refractivity contribution is -0.139. The summed E-state index contributed by atoms with van der Waals surface area (Å²) < 4.78 is 5.67. The summed E-state index contributed by atoms with van der Waals surface area (Å²) in [7, 11) is 1.40. The van der Waals surface area contributed by atoms with E-state index >= 15 is 0 Å². The second kappa shape index (κ2) is 5.66. The average molecular weight is 336 g/mol. The van der Waals surface area contributed by atoms with Gasteiger partial charge >= 0.3 is 5.97 Å². The Hall–Kier alpha value is -0.350. The van der Waals surface area contributed by atoms with Crippen molar-refractivity contribution in [3.05, 3.63) is 33.3 Å². The second-order valence-corrected chi connectivity index (χ2v) is 4.67. The third-order valence-electron chi connectivity index (χ3n) is 2.19. The van der Waals surface area contributed by atoms with Gasteiger partial charge in [0.15, 0.2) is 0 Å². The number of hydrogen-bond donors (Lipinski definition) is 0. The molecular formula is C11H12Br2O2. The van der Waals surface area contributed by atoms with E-state index in [0.29, 0.717) is 6.42 Å². The molecule has 0 fully saturated rings. The molecule has 0 saturated heterocycles. The van der Waals surface area contributed by atoms with E-state index in [1.807, 2.05) is 13.0 Å². The Morgan fingerprint density at radius 3 is 2.60 bits per heavy atom. The fourth-order valence-electron chi connectivity index (χ4n) is 1.30. The first kappa shape index (κ1) is 12.7. The number of ether oxygens (including phenoxy) is 1. The zero-order valence-electron chi connectivity index (χ0n) is 8.64. The van der Waals surface area contributed by atoms with Crippen molar-refractivity contribution in [2.45, 2.75) is 18.7 Å². The molecule has 0 aliphatic rings. The molecule has 1 aromatic carbocycles. The van der Waals surface area contributed by atoms with Crippen LogP contribution < -0.4 is 0 Å². The maximum Gasteiger partial charge on any atom is 0.309 e. The number of carbonyl (C=O) groups is 1. The van der Waals surface area contributed by atoms with E-state index in [9.17, 15) is 4.79 Å². The van der Waals surface area contributed by atoms with Gasteiger partial charge in [0.05, 0.1) is 13.5 Å². The quantitative estimate of drug-likeness (QED) is 0.625. The highest BCUT2D eigenvalue weighted by molar-refractivity contribution is 9.10. The van der Waals surface area contributed by atoms with Crippen LogP contribution in [0.5, 0.6) is 0 Å². The third-order valence-corrected chi connectivity index (χ3v) is 3.65. The fourth-order valence-corrected chi connectivity index (χ4v) is 2.21. The minimum Gasteiger partial charge on any atom is -0.469 e. The predicted molar refractivity (Wildman–Crippen MR) is 67.2 cm³/mol. The molecule has 0 saturated carbocycles. The zero-order chi connectivity index (χ0) is 11.4. The van der Waals surface area contributed by atoms with Gasteiger partial charge in [0.1, 0.15) is 0 Å². The molecule has 0 radical (unpaired) electrons. The van der Waals surface area contributed by atoms with Crippen LogP contribution in [-0.2, 0) is 21.3 Å². The molecule has 4 heteroatoms. The van der Waals surface area contributed by atoms with E-state index in [-0.39, 0.29) is 5.97 Å². The Labute approximate surface area is 106 Å². The van der Waals surface area contributed by atoms with Crippen LogP contribution in [-0.4, -0.2) is 13.1 Å². The van der Waals surface area contributed by atoms with Crippen molar-refractivity contribution in [3.63, 3.8) is 0 Å². The van der Waals surface area contributed by atoms with Gasteiger partial charge in [-0.05, 0) is 29.7 Å². The highest BCUT2D eigenvalue weighted by Crippen LogP contribution is 2.23. The molecule has 0 unspecified atom stereocenters. The zero-order valence-corrected chi connectivity index (χ0v) is 11.8. The molecule has 0 spiro atoms. The summed E-state index contributed by atoms with van der Waals surface area (Å²) in [5.74, 6) is -0.215. The monoisotopic (exact) mass is 334 g/mol. The summed E-state index contributed by atoms with van der Waals surface area (Å²) in [5.41, 5.74) is 3.29. The fraction of sp³-hybridized carbons (Fsp3) is 0.364. The predicted octanol–water partition coefficient (Wildman–Crippen LogP) is 3.37. The van der Waals surface area contributed by atoms with Crippen molar-refractivity contribution in [2.75, 3.05) is 7.11 Å². The van der Waals surface area contributed by atoms with E-state index in [4.69, 9.17) is 0 Å². The Bertz CT molecular complexity index is 375. The molecule has 15 heavy (non-hydrogen) atoms. The number of alkyl halides is 1. The van der Waals surface area contributed by atoms with Crippen molar-refractivity contribution in [1.29, 1.82) is 0 Å². The maximum atomic E-state index is 11.2. The molecule has 0 heterocycles. The van der Waals surface area contributed by atoms with Crippen LogP contribution in [0.3, 0.4) is 0 Å². The summed E-state index contributed by atoms with van der Waals surface area (Å²) in [6, 6.07) is 4.04. The molecule has 0 amide bonds. The van der Waals surface area contributed by atoms with E-state index < -0.39 is 0 Å². The number of methoxy groups -OCH3 is 1. The summed E-state index contributed by atoms with van der Waals surface area (Å²) in [4.78, 5) is 11.2. The Balaban J connectivity index is 3.05. The van der Waals surface area contributed by atoms with E-state index in [1.165, 1.54) is 7.11 Å². The normalized spacial score (nSPS) is 10.1. The van der Waals surface area contributed by atoms with Gasteiger partial charge in [-0.1, -0.05) is 37.9 Å². The van der Waals surface area contributed by atoms with Gasteiger partial charge in [0.25, 0.3) is 0 Å². The number of esters is 1. The topological polar surface area (TPSA) is 26.3 Å². The SMILES string of the molecule is COC(=O)Cc1cc(Br)c(C)cc1CBr. The Morgan fingerprint density at radius 1 is 1.40 bits per heavy atom. The molecule has 0 N–H and O–H groups in total. The lowest BCUT2D eigenvalue weighted by atomic mass is 10.0. The summed E-state index contributed by atoms with van der Waals surface area (Å²) in [6.45, 7) is 2.03. The molecule has 2 nitrogen and oxygen atoms in total. The highest BCUT2D eigenvalue weighted by atomic mass is 79.9. The summed E-state index contributed by atoms with van der Waals surface area (Å²) in [6.07, 6.45) is 0.316. The first-order valence-corrected chi connectivity index (χ1v) is 6.40. The standard InChI is InChI=1S/C11H12Br2O2/c1-7-3-9(6-12)8(4-10(7)13)5-11(14)15-2/h3-4H,5-6H2,1-2H3. The summed E-state index contributed by atoms with van der Waals surface area (Å²) >= 11 is 6.87. The van der Waals surface area contributed by atoms with Gasteiger partial charge in [-0.3, -0.25) is 4.79 Å². The molecule has 0 aromatic heterocycles. The molecular weight excluding hydrogens is 324 g/mol. The van der Waals surface area contributed by atoms with E-state index in [1.54, 1.807) is 0 Å². The molecule has 0 atom stereocenters. The third kappa shape index (κ3) is 3.31. The molecule has 0 bridgehead atoms. The van der Waals surface area contributed by atoms with Crippen LogP contribution in [0.1, 0.15) is 16.7 Å². The van der Waals surface area contributed by atoms with Crippen LogP contribution in [0.2, 0.25) is 0 Å².